The lowest BCUT2D eigenvalue weighted by Gasteiger charge is -2.35. The number of nitrogens with zero attached hydrogens (tertiary/aromatic N) is 4. The Bertz CT molecular complexity index is 755. The molecule has 25 heavy (non-hydrogen) atoms. The van der Waals surface area contributed by atoms with Crippen LogP contribution in [0.25, 0.3) is 0 Å². The number of alkyl halides is 3. The first kappa shape index (κ1) is 17.0. The maximum Gasteiger partial charge on any atom is 0.417 e. The molecule has 2 aromatic heterocycles. The van der Waals surface area contributed by atoms with E-state index in [2.05, 4.69) is 9.97 Å². The molecule has 0 spiro atoms. The highest BCUT2D eigenvalue weighted by atomic mass is 19.4. The van der Waals surface area contributed by atoms with Crippen molar-refractivity contribution in [2.75, 3.05) is 36.8 Å². The van der Waals surface area contributed by atoms with Crippen LogP contribution < -0.4 is 10.6 Å². The molecule has 1 fully saturated rings. The molecule has 0 saturated carbocycles. The highest BCUT2D eigenvalue weighted by Gasteiger charge is 2.31. The molecule has 3 rings (SSSR count). The lowest BCUT2D eigenvalue weighted by molar-refractivity contribution is -0.137. The molecule has 9 heteroatoms. The summed E-state index contributed by atoms with van der Waals surface area (Å²) in [6, 6.07) is 3.92. The van der Waals surface area contributed by atoms with Crippen LogP contribution in [0.2, 0.25) is 0 Å². The van der Waals surface area contributed by atoms with Crippen molar-refractivity contribution in [1.82, 2.24) is 14.9 Å². The van der Waals surface area contributed by atoms with Gasteiger partial charge in [0.1, 0.15) is 5.82 Å². The summed E-state index contributed by atoms with van der Waals surface area (Å²) in [5.41, 5.74) is 5.73. The van der Waals surface area contributed by atoms with E-state index in [0.717, 1.165) is 12.3 Å². The quantitative estimate of drug-likeness (QED) is 0.896. The zero-order valence-corrected chi connectivity index (χ0v) is 13.2. The Kier molecular flexibility index (Phi) is 4.47. The fraction of sp³-hybridized carbons (Fsp3) is 0.312. The number of rotatable bonds is 2. The highest BCUT2D eigenvalue weighted by molar-refractivity contribution is 5.98. The summed E-state index contributed by atoms with van der Waals surface area (Å²) >= 11 is 0. The van der Waals surface area contributed by atoms with Gasteiger partial charge in [0, 0.05) is 50.5 Å². The lowest BCUT2D eigenvalue weighted by Crippen LogP contribution is -2.49. The third kappa shape index (κ3) is 3.65. The van der Waals surface area contributed by atoms with Crippen LogP contribution in [0.15, 0.2) is 36.8 Å². The number of pyridine rings is 2. The minimum absolute atomic E-state index is 0.203. The fourth-order valence-corrected chi connectivity index (χ4v) is 2.63. The average Bonchev–Trinajstić information content (AvgIpc) is 2.61. The molecule has 0 atom stereocenters. The number of aromatic nitrogens is 2. The van der Waals surface area contributed by atoms with E-state index in [1.807, 2.05) is 4.90 Å². The molecule has 1 aliphatic heterocycles. The molecule has 1 saturated heterocycles. The van der Waals surface area contributed by atoms with E-state index in [0.29, 0.717) is 43.2 Å². The maximum absolute atomic E-state index is 12.6. The Morgan fingerprint density at radius 1 is 1.08 bits per heavy atom. The number of halogens is 3. The first-order valence-corrected chi connectivity index (χ1v) is 7.63. The first-order chi connectivity index (χ1) is 11.9. The SMILES string of the molecule is Nc1ccncc1C(=O)N1CCN(c2ccc(C(F)(F)F)cn2)CC1. The second-order valence-electron chi connectivity index (χ2n) is 5.65. The van der Waals surface area contributed by atoms with E-state index in [4.69, 9.17) is 5.73 Å². The Morgan fingerprint density at radius 2 is 1.80 bits per heavy atom. The maximum atomic E-state index is 12.6. The number of nitrogens with two attached hydrogens (primary N) is 1. The Hall–Kier alpha value is -2.84. The molecule has 0 aliphatic carbocycles. The van der Waals surface area contributed by atoms with E-state index in [-0.39, 0.29) is 5.91 Å². The molecular weight excluding hydrogens is 335 g/mol. The van der Waals surface area contributed by atoms with Gasteiger partial charge in [0.2, 0.25) is 0 Å². The minimum Gasteiger partial charge on any atom is -0.398 e. The van der Waals surface area contributed by atoms with Crippen molar-refractivity contribution in [3.05, 3.63) is 47.9 Å². The number of hydrogen-bond acceptors (Lipinski definition) is 5. The van der Waals surface area contributed by atoms with Crippen LogP contribution in [0.5, 0.6) is 0 Å². The fourth-order valence-electron chi connectivity index (χ4n) is 2.63. The van der Waals surface area contributed by atoms with Crippen molar-refractivity contribution in [1.29, 1.82) is 0 Å². The van der Waals surface area contributed by atoms with Crippen LogP contribution in [0.1, 0.15) is 15.9 Å². The molecule has 1 aliphatic rings. The summed E-state index contributed by atoms with van der Waals surface area (Å²) in [6.45, 7) is 1.81. The molecule has 2 N–H and O–H groups in total. The summed E-state index contributed by atoms with van der Waals surface area (Å²) in [7, 11) is 0. The summed E-state index contributed by atoms with van der Waals surface area (Å²) in [5.74, 6) is 0.256. The third-order valence-corrected chi connectivity index (χ3v) is 4.05. The number of piperazine rings is 1. The summed E-state index contributed by atoms with van der Waals surface area (Å²) < 4.78 is 37.7. The normalized spacial score (nSPS) is 15.3. The van der Waals surface area contributed by atoms with Crippen LogP contribution in [0.4, 0.5) is 24.7 Å². The van der Waals surface area contributed by atoms with E-state index >= 15 is 0 Å². The van der Waals surface area contributed by atoms with Gasteiger partial charge in [-0.15, -0.1) is 0 Å². The summed E-state index contributed by atoms with van der Waals surface area (Å²) in [4.78, 5) is 23.8. The second-order valence-corrected chi connectivity index (χ2v) is 5.65. The smallest absolute Gasteiger partial charge is 0.398 e. The van der Waals surface area contributed by atoms with Gasteiger partial charge in [-0.05, 0) is 18.2 Å². The van der Waals surface area contributed by atoms with Crippen molar-refractivity contribution in [3.63, 3.8) is 0 Å². The van der Waals surface area contributed by atoms with Gasteiger partial charge >= 0.3 is 6.18 Å². The standard InChI is InChI=1S/C16H16F3N5O/c17-16(18,19)11-1-2-14(22-9-11)23-5-7-24(8-6-23)15(25)12-10-21-4-3-13(12)20/h1-4,9-10H,5-8H2,(H2,20,21). The van der Waals surface area contributed by atoms with Crippen LogP contribution in [-0.4, -0.2) is 47.0 Å². The molecule has 0 aromatic carbocycles. The van der Waals surface area contributed by atoms with Crippen molar-refractivity contribution in [2.24, 2.45) is 0 Å². The van der Waals surface area contributed by atoms with Gasteiger partial charge < -0.3 is 15.5 Å². The highest BCUT2D eigenvalue weighted by Crippen LogP contribution is 2.29. The van der Waals surface area contributed by atoms with Gasteiger partial charge in [-0.3, -0.25) is 9.78 Å². The molecule has 132 valence electrons. The number of hydrogen-bond donors (Lipinski definition) is 1. The molecule has 2 aromatic rings. The lowest BCUT2D eigenvalue weighted by atomic mass is 10.2. The molecular formula is C16H16F3N5O. The topological polar surface area (TPSA) is 75.3 Å². The van der Waals surface area contributed by atoms with Gasteiger partial charge in [0.05, 0.1) is 11.1 Å². The predicted molar refractivity (Wildman–Crippen MR) is 86.0 cm³/mol. The van der Waals surface area contributed by atoms with Gasteiger partial charge in [-0.2, -0.15) is 13.2 Å². The van der Waals surface area contributed by atoms with Gasteiger partial charge in [-0.1, -0.05) is 0 Å². The average molecular weight is 351 g/mol. The zero-order valence-electron chi connectivity index (χ0n) is 13.2. The van der Waals surface area contributed by atoms with Crippen LogP contribution in [0, 0.1) is 0 Å². The molecule has 0 unspecified atom stereocenters. The van der Waals surface area contributed by atoms with Crippen LogP contribution in [0.3, 0.4) is 0 Å². The van der Waals surface area contributed by atoms with E-state index in [9.17, 15) is 18.0 Å². The second kappa shape index (κ2) is 6.58. The van der Waals surface area contributed by atoms with Crippen LogP contribution >= 0.6 is 0 Å². The number of carbonyl (C=O) groups excluding carboxylic acids is 1. The Labute approximate surface area is 142 Å². The van der Waals surface area contributed by atoms with Gasteiger partial charge in [-0.25, -0.2) is 4.98 Å². The van der Waals surface area contributed by atoms with Crippen molar-refractivity contribution >= 4 is 17.4 Å². The number of amides is 1. The van der Waals surface area contributed by atoms with Gasteiger partial charge in [0.15, 0.2) is 0 Å². The van der Waals surface area contributed by atoms with E-state index < -0.39 is 11.7 Å². The Morgan fingerprint density at radius 3 is 2.36 bits per heavy atom. The van der Waals surface area contributed by atoms with Crippen molar-refractivity contribution in [2.45, 2.75) is 6.18 Å². The van der Waals surface area contributed by atoms with Crippen molar-refractivity contribution in [3.8, 4) is 0 Å². The molecule has 1 amide bonds. The number of nitrogen functional groups attached to an aromatic ring is 1. The Balaban J connectivity index is 1.64. The minimum atomic E-state index is -4.40. The number of anilines is 2. The molecule has 6 nitrogen and oxygen atoms in total. The van der Waals surface area contributed by atoms with Crippen molar-refractivity contribution < 1.29 is 18.0 Å². The molecule has 0 radical (unpaired) electrons. The molecule has 0 bridgehead atoms. The van der Waals surface area contributed by atoms with E-state index in [1.165, 1.54) is 18.5 Å². The number of carbonyl (C=O) groups is 1. The summed E-state index contributed by atoms with van der Waals surface area (Å²) in [6.07, 6.45) is -0.634. The zero-order chi connectivity index (χ0) is 18.0. The van der Waals surface area contributed by atoms with Gasteiger partial charge in [0.25, 0.3) is 5.91 Å². The predicted octanol–water partition coefficient (Wildman–Crippen LogP) is 2.04. The molecule has 3 heterocycles. The van der Waals surface area contributed by atoms with E-state index in [1.54, 1.807) is 11.0 Å². The third-order valence-electron chi connectivity index (χ3n) is 4.05. The summed E-state index contributed by atoms with van der Waals surface area (Å²) in [5, 5.41) is 0. The van der Waals surface area contributed by atoms with Crippen LogP contribution in [-0.2, 0) is 6.18 Å². The first-order valence-electron chi connectivity index (χ1n) is 7.63. The monoisotopic (exact) mass is 351 g/mol. The largest absolute Gasteiger partial charge is 0.417 e.